The van der Waals surface area contributed by atoms with Crippen LogP contribution in [0, 0.1) is 0 Å². The predicted molar refractivity (Wildman–Crippen MR) is 160 cm³/mol. The van der Waals surface area contributed by atoms with Gasteiger partial charge < -0.3 is 21.1 Å². The molecule has 0 bridgehead atoms. The van der Waals surface area contributed by atoms with Crippen LogP contribution in [-0.4, -0.2) is 63.4 Å². The van der Waals surface area contributed by atoms with Crippen LogP contribution in [-0.2, 0) is 16.4 Å². The number of amides is 2. The van der Waals surface area contributed by atoms with Gasteiger partial charge in [-0.15, -0.1) is 0 Å². The van der Waals surface area contributed by atoms with Gasteiger partial charge in [-0.2, -0.15) is 0 Å². The fourth-order valence-electron chi connectivity index (χ4n) is 5.01. The summed E-state index contributed by atoms with van der Waals surface area (Å²) in [5, 5.41) is 20.4. The van der Waals surface area contributed by atoms with Crippen molar-refractivity contribution in [2.24, 2.45) is 0 Å². The van der Waals surface area contributed by atoms with Crippen molar-refractivity contribution in [1.29, 1.82) is 0 Å². The van der Waals surface area contributed by atoms with Crippen LogP contribution in [0.3, 0.4) is 0 Å². The number of sulfonamides is 1. The van der Waals surface area contributed by atoms with Crippen LogP contribution in [0.25, 0.3) is 0 Å². The Labute approximate surface area is 242 Å². The normalized spacial score (nSPS) is 17.3. The van der Waals surface area contributed by atoms with E-state index in [9.17, 15) is 23.1 Å². The molecule has 2 amide bonds. The van der Waals surface area contributed by atoms with Gasteiger partial charge in [-0.3, -0.25) is 13.9 Å². The zero-order chi connectivity index (χ0) is 29.6. The highest BCUT2D eigenvalue weighted by Gasteiger charge is 2.31. The van der Waals surface area contributed by atoms with Gasteiger partial charge >= 0.3 is 0 Å². The average molecular weight is 579 g/mol. The summed E-state index contributed by atoms with van der Waals surface area (Å²) >= 11 is 0. The minimum absolute atomic E-state index is 0.111. The second-order valence-corrected chi connectivity index (χ2v) is 12.6. The van der Waals surface area contributed by atoms with Gasteiger partial charge in [0.25, 0.3) is 11.8 Å². The fraction of sp³-hybridized carbons (Fsp3) is 0.355. The zero-order valence-corrected chi connectivity index (χ0v) is 24.4. The zero-order valence-electron chi connectivity index (χ0n) is 23.6. The number of hydrogen-bond donors (Lipinski definition) is 4. The quantitative estimate of drug-likeness (QED) is 0.277. The number of anilines is 1. The molecule has 41 heavy (non-hydrogen) atoms. The van der Waals surface area contributed by atoms with Gasteiger partial charge in [-0.1, -0.05) is 60.7 Å². The molecule has 1 heterocycles. The highest BCUT2D eigenvalue weighted by atomic mass is 32.2. The van der Waals surface area contributed by atoms with Crippen molar-refractivity contribution in [1.82, 2.24) is 16.0 Å². The SMILES string of the molecule is C[C@@H](NC(=O)c1cc(C(=O)N[C@@H](Cc2ccccc2)[C@@H](O)[C@H]2CCCN2)cc(N(C)S(C)(=O)=O)c1)c1ccccc1. The lowest BCUT2D eigenvalue weighted by molar-refractivity contribution is 0.0738. The molecule has 9 nitrogen and oxygen atoms in total. The maximum absolute atomic E-state index is 13.7. The predicted octanol–water partition coefficient (Wildman–Crippen LogP) is 3.03. The van der Waals surface area contributed by atoms with Gasteiger partial charge in [-0.05, 0) is 62.1 Å². The van der Waals surface area contributed by atoms with Crippen LogP contribution >= 0.6 is 0 Å². The minimum Gasteiger partial charge on any atom is -0.389 e. The van der Waals surface area contributed by atoms with Crippen LogP contribution in [0.2, 0.25) is 0 Å². The molecule has 0 unspecified atom stereocenters. The summed E-state index contributed by atoms with van der Waals surface area (Å²) in [6.07, 6.45) is 2.33. The lowest BCUT2D eigenvalue weighted by Gasteiger charge is -2.29. The number of nitrogens with zero attached hydrogens (tertiary/aromatic N) is 1. The van der Waals surface area contributed by atoms with Crippen LogP contribution in [0.1, 0.15) is 57.7 Å². The molecule has 0 aromatic heterocycles. The number of aliphatic hydroxyl groups excluding tert-OH is 1. The third-order valence-corrected chi connectivity index (χ3v) is 8.69. The van der Waals surface area contributed by atoms with E-state index >= 15 is 0 Å². The van der Waals surface area contributed by atoms with Gasteiger partial charge in [0.2, 0.25) is 10.0 Å². The molecule has 4 atom stereocenters. The van der Waals surface area contributed by atoms with Crippen molar-refractivity contribution in [2.75, 3.05) is 24.2 Å². The third-order valence-electron chi connectivity index (χ3n) is 7.49. The molecule has 0 aliphatic carbocycles. The Kier molecular flexibility index (Phi) is 9.80. The topological polar surface area (TPSA) is 128 Å². The molecule has 1 saturated heterocycles. The molecule has 4 N–H and O–H groups in total. The van der Waals surface area contributed by atoms with Crippen molar-refractivity contribution in [3.63, 3.8) is 0 Å². The summed E-state index contributed by atoms with van der Waals surface area (Å²) < 4.78 is 25.7. The van der Waals surface area contributed by atoms with Crippen molar-refractivity contribution in [3.8, 4) is 0 Å². The van der Waals surface area contributed by atoms with Crippen LogP contribution < -0.4 is 20.3 Å². The fourth-order valence-corrected chi connectivity index (χ4v) is 5.50. The van der Waals surface area contributed by atoms with Crippen LogP contribution in [0.5, 0.6) is 0 Å². The molecule has 218 valence electrons. The summed E-state index contributed by atoms with van der Waals surface area (Å²) in [7, 11) is -2.30. The van der Waals surface area contributed by atoms with Crippen molar-refractivity contribution in [2.45, 2.75) is 50.4 Å². The molecule has 4 rings (SSSR count). The lowest BCUT2D eigenvalue weighted by atomic mass is 9.95. The Hall–Kier alpha value is -3.73. The summed E-state index contributed by atoms with van der Waals surface area (Å²) in [5.74, 6) is -0.966. The average Bonchev–Trinajstić information content (AvgIpc) is 3.51. The van der Waals surface area contributed by atoms with E-state index in [1.807, 2.05) is 67.6 Å². The molecule has 0 radical (unpaired) electrons. The third kappa shape index (κ3) is 7.93. The first-order chi connectivity index (χ1) is 19.5. The number of rotatable bonds is 11. The summed E-state index contributed by atoms with van der Waals surface area (Å²) in [6, 6.07) is 22.3. The highest BCUT2D eigenvalue weighted by Crippen LogP contribution is 2.23. The second kappa shape index (κ2) is 13.3. The molecule has 1 fully saturated rings. The van der Waals surface area contributed by atoms with Crippen molar-refractivity contribution >= 4 is 27.5 Å². The molecule has 0 saturated carbocycles. The first kappa shape index (κ1) is 30.2. The molecule has 1 aliphatic heterocycles. The monoisotopic (exact) mass is 578 g/mol. The van der Waals surface area contributed by atoms with E-state index in [1.165, 1.54) is 25.2 Å². The number of benzene rings is 3. The number of carbonyl (C=O) groups is 2. The van der Waals surface area contributed by atoms with Crippen LogP contribution in [0.15, 0.2) is 78.9 Å². The van der Waals surface area contributed by atoms with Gasteiger partial charge in [0.05, 0.1) is 30.1 Å². The molecule has 3 aromatic rings. The van der Waals surface area contributed by atoms with Gasteiger partial charge in [-0.25, -0.2) is 8.42 Å². The summed E-state index contributed by atoms with van der Waals surface area (Å²) in [5.41, 5.74) is 2.29. The number of nitrogens with one attached hydrogen (secondary N) is 3. The largest absolute Gasteiger partial charge is 0.389 e. The van der Waals surface area contributed by atoms with Gasteiger partial charge in [0, 0.05) is 24.2 Å². The smallest absolute Gasteiger partial charge is 0.251 e. The molecule has 1 aliphatic rings. The van der Waals surface area contributed by atoms with E-state index in [2.05, 4.69) is 16.0 Å². The highest BCUT2D eigenvalue weighted by molar-refractivity contribution is 7.92. The van der Waals surface area contributed by atoms with E-state index in [4.69, 9.17) is 0 Å². The van der Waals surface area contributed by atoms with E-state index in [0.717, 1.165) is 41.1 Å². The number of aliphatic hydroxyl groups is 1. The van der Waals surface area contributed by atoms with Crippen LogP contribution in [0.4, 0.5) is 5.69 Å². The second-order valence-electron chi connectivity index (χ2n) is 10.6. The Bertz CT molecular complexity index is 1440. The number of hydrogen-bond acceptors (Lipinski definition) is 6. The first-order valence-corrected chi connectivity index (χ1v) is 15.6. The maximum atomic E-state index is 13.7. The first-order valence-electron chi connectivity index (χ1n) is 13.7. The Morgan fingerprint density at radius 2 is 1.56 bits per heavy atom. The molecule has 3 aromatic carbocycles. The Morgan fingerprint density at radius 1 is 0.976 bits per heavy atom. The molecule has 0 spiro atoms. The van der Waals surface area contributed by atoms with Crippen molar-refractivity contribution in [3.05, 3.63) is 101 Å². The molecular formula is C31H38N4O5S. The summed E-state index contributed by atoms with van der Waals surface area (Å²) in [6.45, 7) is 2.65. The van der Waals surface area contributed by atoms with E-state index in [-0.39, 0.29) is 28.9 Å². The maximum Gasteiger partial charge on any atom is 0.251 e. The van der Waals surface area contributed by atoms with Gasteiger partial charge in [0.15, 0.2) is 0 Å². The van der Waals surface area contributed by atoms with E-state index in [0.29, 0.717) is 6.42 Å². The Balaban J connectivity index is 1.64. The molecule has 10 heteroatoms. The number of carbonyl (C=O) groups excluding carboxylic acids is 2. The minimum atomic E-state index is -3.67. The van der Waals surface area contributed by atoms with E-state index in [1.54, 1.807) is 0 Å². The van der Waals surface area contributed by atoms with Crippen molar-refractivity contribution < 1.29 is 23.1 Å². The summed E-state index contributed by atoms with van der Waals surface area (Å²) in [4.78, 5) is 27.0. The standard InChI is InChI=1S/C31H38N4O5S/c1-21(23-13-8-5-9-14-23)33-30(37)24-18-25(20-26(19-24)35(2)41(3,39)40)31(38)34-28(17-22-11-6-4-7-12-22)29(36)27-15-10-16-32-27/h4-9,11-14,18-21,27-29,32,36H,10,15-17H2,1-3H3,(H,33,37)(H,34,38)/t21-,27-,28+,29+/m1/s1. The van der Waals surface area contributed by atoms with E-state index < -0.39 is 34.0 Å². The molecular weight excluding hydrogens is 540 g/mol. The Morgan fingerprint density at radius 3 is 2.12 bits per heavy atom. The van der Waals surface area contributed by atoms with Gasteiger partial charge in [0.1, 0.15) is 0 Å². The lowest BCUT2D eigenvalue weighted by Crippen LogP contribution is -2.52.